The fourth-order valence-corrected chi connectivity index (χ4v) is 3.08. The molecule has 2 N–H and O–H groups in total. The number of aryl methyl sites for hydroxylation is 1. The third kappa shape index (κ3) is 4.87. The second-order valence-electron chi connectivity index (χ2n) is 6.55. The zero-order valence-corrected chi connectivity index (χ0v) is 14.6. The van der Waals surface area contributed by atoms with Crippen molar-refractivity contribution in [2.24, 2.45) is 0 Å². The summed E-state index contributed by atoms with van der Waals surface area (Å²) in [5.41, 5.74) is 2.07. The van der Waals surface area contributed by atoms with E-state index in [9.17, 15) is 10.2 Å². The molecule has 1 aliphatic rings. The van der Waals surface area contributed by atoms with Gasteiger partial charge < -0.3 is 19.8 Å². The van der Waals surface area contributed by atoms with Crippen molar-refractivity contribution < 1.29 is 14.9 Å². The molecule has 0 amide bonds. The van der Waals surface area contributed by atoms with E-state index in [1.54, 1.807) is 6.07 Å². The molecule has 0 bridgehead atoms. The Kier molecular flexibility index (Phi) is 5.79. The summed E-state index contributed by atoms with van der Waals surface area (Å²) in [5, 5.41) is 20.2. The van der Waals surface area contributed by atoms with E-state index in [0.717, 1.165) is 37.6 Å². The minimum Gasteiger partial charge on any atom is -0.506 e. The van der Waals surface area contributed by atoms with Gasteiger partial charge in [0.1, 0.15) is 24.2 Å². The van der Waals surface area contributed by atoms with Crippen molar-refractivity contribution in [2.75, 3.05) is 44.2 Å². The molecular weight excluding hydrogens is 316 g/mol. The highest BCUT2D eigenvalue weighted by molar-refractivity contribution is 5.57. The van der Waals surface area contributed by atoms with Crippen LogP contribution >= 0.6 is 0 Å². The van der Waals surface area contributed by atoms with E-state index in [0.29, 0.717) is 18.9 Å². The Bertz CT molecular complexity index is 667. The molecule has 0 aliphatic carbocycles. The molecule has 1 unspecified atom stereocenters. The fourth-order valence-electron chi connectivity index (χ4n) is 3.08. The highest BCUT2D eigenvalue weighted by atomic mass is 16.5. The lowest BCUT2D eigenvalue weighted by molar-refractivity contribution is 0.0663. The lowest BCUT2D eigenvalue weighted by Crippen LogP contribution is -2.49. The average Bonchev–Trinajstić information content (AvgIpc) is 2.62. The van der Waals surface area contributed by atoms with Crippen LogP contribution in [0.2, 0.25) is 0 Å². The van der Waals surface area contributed by atoms with Crippen LogP contribution in [0.1, 0.15) is 5.56 Å². The predicted octanol–water partition coefficient (Wildman–Crippen LogP) is 2.26. The number of anilines is 1. The fraction of sp³-hybridized carbons (Fsp3) is 0.400. The summed E-state index contributed by atoms with van der Waals surface area (Å²) in [6.45, 7) is 6.31. The van der Waals surface area contributed by atoms with E-state index in [1.165, 1.54) is 5.56 Å². The van der Waals surface area contributed by atoms with E-state index in [2.05, 4.69) is 9.80 Å². The second kappa shape index (κ2) is 8.23. The van der Waals surface area contributed by atoms with Gasteiger partial charge in [-0.25, -0.2) is 0 Å². The van der Waals surface area contributed by atoms with Crippen LogP contribution in [-0.4, -0.2) is 60.5 Å². The Morgan fingerprint density at radius 3 is 2.36 bits per heavy atom. The molecule has 3 rings (SSSR count). The minimum atomic E-state index is -0.516. The molecule has 5 heteroatoms. The Balaban J connectivity index is 1.42. The van der Waals surface area contributed by atoms with Crippen molar-refractivity contribution in [3.63, 3.8) is 0 Å². The van der Waals surface area contributed by atoms with Crippen molar-refractivity contribution in [2.45, 2.75) is 13.0 Å². The Hall–Kier alpha value is -2.24. The van der Waals surface area contributed by atoms with Gasteiger partial charge in [-0.05, 0) is 31.2 Å². The number of rotatable bonds is 6. The predicted molar refractivity (Wildman–Crippen MR) is 99.4 cm³/mol. The number of ether oxygens (including phenoxy) is 1. The van der Waals surface area contributed by atoms with E-state index >= 15 is 0 Å². The van der Waals surface area contributed by atoms with Crippen molar-refractivity contribution in [3.05, 3.63) is 54.1 Å². The zero-order chi connectivity index (χ0) is 17.6. The molecule has 134 valence electrons. The smallest absolute Gasteiger partial charge is 0.138 e. The van der Waals surface area contributed by atoms with Crippen LogP contribution in [0.5, 0.6) is 11.5 Å². The molecule has 2 aromatic rings. The van der Waals surface area contributed by atoms with Gasteiger partial charge in [-0.1, -0.05) is 29.8 Å². The van der Waals surface area contributed by atoms with Gasteiger partial charge >= 0.3 is 0 Å². The van der Waals surface area contributed by atoms with Crippen molar-refractivity contribution in [3.8, 4) is 11.5 Å². The molecule has 1 aliphatic heterocycles. The summed E-state index contributed by atoms with van der Waals surface area (Å²) >= 11 is 0. The van der Waals surface area contributed by atoms with Crippen molar-refractivity contribution in [1.82, 2.24) is 4.90 Å². The van der Waals surface area contributed by atoms with Crippen LogP contribution in [0.4, 0.5) is 5.69 Å². The van der Waals surface area contributed by atoms with Crippen LogP contribution in [0.15, 0.2) is 48.5 Å². The summed E-state index contributed by atoms with van der Waals surface area (Å²) in [4.78, 5) is 4.42. The largest absolute Gasteiger partial charge is 0.506 e. The number of aliphatic hydroxyl groups is 1. The first-order valence-electron chi connectivity index (χ1n) is 8.74. The number of nitrogens with zero attached hydrogens (tertiary/aromatic N) is 2. The highest BCUT2D eigenvalue weighted by Crippen LogP contribution is 2.27. The van der Waals surface area contributed by atoms with Gasteiger partial charge in [-0.15, -0.1) is 0 Å². The number of phenolic OH excluding ortho intramolecular Hbond substituents is 1. The molecule has 1 atom stereocenters. The molecular formula is C20H26N2O3. The van der Waals surface area contributed by atoms with Crippen molar-refractivity contribution in [1.29, 1.82) is 0 Å². The van der Waals surface area contributed by atoms with Crippen LogP contribution in [0, 0.1) is 6.92 Å². The quantitative estimate of drug-likeness (QED) is 0.843. The molecule has 1 saturated heterocycles. The van der Waals surface area contributed by atoms with Gasteiger partial charge in [-0.2, -0.15) is 0 Å². The molecule has 0 saturated carbocycles. The monoisotopic (exact) mass is 342 g/mol. The SMILES string of the molecule is Cc1ccc(OCC(O)CN2CCN(c3ccccc3O)CC2)cc1. The molecule has 0 aromatic heterocycles. The van der Waals surface area contributed by atoms with Gasteiger partial charge in [0.2, 0.25) is 0 Å². The molecule has 0 radical (unpaired) electrons. The zero-order valence-electron chi connectivity index (χ0n) is 14.6. The van der Waals surface area contributed by atoms with Crippen LogP contribution in [-0.2, 0) is 0 Å². The summed E-state index contributed by atoms with van der Waals surface area (Å²) in [6.07, 6.45) is -0.516. The van der Waals surface area contributed by atoms with Crippen LogP contribution in [0.25, 0.3) is 0 Å². The summed E-state index contributed by atoms with van der Waals surface area (Å²) in [7, 11) is 0. The van der Waals surface area contributed by atoms with Crippen LogP contribution < -0.4 is 9.64 Å². The number of hydrogen-bond donors (Lipinski definition) is 2. The number of hydrogen-bond acceptors (Lipinski definition) is 5. The maximum atomic E-state index is 10.2. The number of phenols is 1. The minimum absolute atomic E-state index is 0.294. The maximum Gasteiger partial charge on any atom is 0.138 e. The standard InChI is InChI=1S/C20H26N2O3/c1-16-6-8-18(9-7-16)25-15-17(23)14-21-10-12-22(13-11-21)19-4-2-3-5-20(19)24/h2-9,17,23-24H,10-15H2,1H3. The molecule has 2 aromatic carbocycles. The summed E-state index contributed by atoms with van der Waals surface area (Å²) < 4.78 is 5.65. The number of β-amino-alcohol motifs (C(OH)–C–C–N with tert-alkyl or cyclic N) is 1. The van der Waals surface area contributed by atoms with Gasteiger partial charge in [0.25, 0.3) is 0 Å². The molecule has 0 spiro atoms. The van der Waals surface area contributed by atoms with Gasteiger partial charge in [0, 0.05) is 32.7 Å². The third-order valence-corrected chi connectivity index (χ3v) is 4.53. The van der Waals surface area contributed by atoms with Crippen molar-refractivity contribution >= 4 is 5.69 Å². The third-order valence-electron chi connectivity index (χ3n) is 4.53. The number of piperazine rings is 1. The lowest BCUT2D eigenvalue weighted by atomic mass is 10.2. The topological polar surface area (TPSA) is 56.2 Å². The Morgan fingerprint density at radius 2 is 1.68 bits per heavy atom. The molecule has 1 heterocycles. The second-order valence-corrected chi connectivity index (χ2v) is 6.55. The number of para-hydroxylation sites is 2. The average molecular weight is 342 g/mol. The maximum absolute atomic E-state index is 10.2. The van der Waals surface area contributed by atoms with E-state index in [1.807, 2.05) is 49.4 Å². The van der Waals surface area contributed by atoms with E-state index < -0.39 is 6.10 Å². The van der Waals surface area contributed by atoms with E-state index in [-0.39, 0.29) is 0 Å². The van der Waals surface area contributed by atoms with Gasteiger partial charge in [0.15, 0.2) is 0 Å². The first-order valence-corrected chi connectivity index (χ1v) is 8.74. The Morgan fingerprint density at radius 1 is 1.00 bits per heavy atom. The highest BCUT2D eigenvalue weighted by Gasteiger charge is 2.21. The molecule has 5 nitrogen and oxygen atoms in total. The molecule has 25 heavy (non-hydrogen) atoms. The summed E-state index contributed by atoms with van der Waals surface area (Å²) in [6, 6.07) is 15.3. The molecule has 1 fully saturated rings. The van der Waals surface area contributed by atoms with Gasteiger partial charge in [-0.3, -0.25) is 4.90 Å². The Labute approximate surface area is 149 Å². The normalized spacial score (nSPS) is 16.6. The number of benzene rings is 2. The first-order chi connectivity index (χ1) is 12.1. The summed E-state index contributed by atoms with van der Waals surface area (Å²) in [5.74, 6) is 1.11. The number of aliphatic hydroxyl groups excluding tert-OH is 1. The van der Waals surface area contributed by atoms with Crippen LogP contribution in [0.3, 0.4) is 0 Å². The first kappa shape index (κ1) is 17.6. The van der Waals surface area contributed by atoms with E-state index in [4.69, 9.17) is 4.74 Å². The lowest BCUT2D eigenvalue weighted by Gasteiger charge is -2.37. The number of aromatic hydroxyl groups is 1. The van der Waals surface area contributed by atoms with Gasteiger partial charge in [0.05, 0.1) is 5.69 Å².